The number of fused-ring (bicyclic) bond motifs is 1. The predicted molar refractivity (Wildman–Crippen MR) is 80.0 cm³/mol. The summed E-state index contributed by atoms with van der Waals surface area (Å²) in [4.78, 5) is 24.6. The van der Waals surface area contributed by atoms with Gasteiger partial charge in [-0.3, -0.25) is 4.79 Å². The summed E-state index contributed by atoms with van der Waals surface area (Å²) < 4.78 is 1.52. The Morgan fingerprint density at radius 1 is 1.35 bits per heavy atom. The van der Waals surface area contributed by atoms with E-state index < -0.39 is 5.97 Å². The van der Waals surface area contributed by atoms with Gasteiger partial charge < -0.3 is 10.0 Å². The summed E-state index contributed by atoms with van der Waals surface area (Å²) in [6.07, 6.45) is 0.525. The van der Waals surface area contributed by atoms with Crippen molar-refractivity contribution in [2.24, 2.45) is 0 Å². The summed E-state index contributed by atoms with van der Waals surface area (Å²) in [6, 6.07) is 8.57. The van der Waals surface area contributed by atoms with Crippen molar-refractivity contribution in [2.75, 3.05) is 6.54 Å². The smallest absolute Gasteiger partial charge is 0.337 e. The quantitative estimate of drug-likeness (QED) is 0.902. The summed E-state index contributed by atoms with van der Waals surface area (Å²) in [5.41, 5.74) is 2.25. The average molecular weight is 310 g/mol. The van der Waals surface area contributed by atoms with Gasteiger partial charge in [-0.15, -0.1) is 0 Å². The number of hydrogen-bond donors (Lipinski definition) is 1. The van der Waals surface area contributed by atoms with E-state index in [4.69, 9.17) is 0 Å². The molecule has 0 radical (unpaired) electrons. The van der Waals surface area contributed by atoms with Crippen molar-refractivity contribution >= 4 is 11.9 Å². The van der Waals surface area contributed by atoms with Crippen LogP contribution < -0.4 is 0 Å². The van der Waals surface area contributed by atoms with Crippen molar-refractivity contribution in [3.05, 3.63) is 46.8 Å². The second kappa shape index (κ2) is 5.57. The molecule has 0 unspecified atom stereocenters. The summed E-state index contributed by atoms with van der Waals surface area (Å²) in [7, 11) is 0. The topological polar surface area (TPSA) is 99.2 Å². The van der Waals surface area contributed by atoms with Crippen molar-refractivity contribution in [3.8, 4) is 11.8 Å². The molecular formula is C16H14N4O3. The van der Waals surface area contributed by atoms with Gasteiger partial charge in [-0.05, 0) is 12.1 Å². The van der Waals surface area contributed by atoms with Gasteiger partial charge >= 0.3 is 5.97 Å². The number of hydrogen-bond acceptors (Lipinski definition) is 4. The third-order valence-corrected chi connectivity index (χ3v) is 3.97. The molecule has 2 aromatic rings. The fraction of sp³-hybridized carbons (Fsp3) is 0.250. The molecule has 116 valence electrons. The SMILES string of the molecule is CC(=O)N1CCc2c(c(C#N)nn2-c2ccccc2C(=O)O)C1. The maximum absolute atomic E-state index is 11.6. The van der Waals surface area contributed by atoms with Gasteiger partial charge in [0.2, 0.25) is 5.91 Å². The minimum Gasteiger partial charge on any atom is -0.478 e. The van der Waals surface area contributed by atoms with E-state index in [2.05, 4.69) is 5.10 Å². The number of carbonyl (C=O) groups excluding carboxylic acids is 1. The van der Waals surface area contributed by atoms with Gasteiger partial charge in [0.15, 0.2) is 5.69 Å². The lowest BCUT2D eigenvalue weighted by Gasteiger charge is -2.26. The predicted octanol–water partition coefficient (Wildman–Crippen LogP) is 1.35. The zero-order valence-corrected chi connectivity index (χ0v) is 12.5. The van der Waals surface area contributed by atoms with E-state index >= 15 is 0 Å². The molecule has 1 amide bonds. The second-order valence-corrected chi connectivity index (χ2v) is 5.31. The second-order valence-electron chi connectivity index (χ2n) is 5.31. The molecule has 1 aromatic carbocycles. The Morgan fingerprint density at radius 2 is 2.09 bits per heavy atom. The lowest BCUT2D eigenvalue weighted by molar-refractivity contribution is -0.129. The maximum atomic E-state index is 11.6. The zero-order valence-electron chi connectivity index (χ0n) is 12.5. The monoisotopic (exact) mass is 310 g/mol. The van der Waals surface area contributed by atoms with Crippen LogP contribution in [0.1, 0.15) is 34.2 Å². The molecular weight excluding hydrogens is 296 g/mol. The third kappa shape index (κ3) is 2.44. The Kier molecular flexibility index (Phi) is 3.58. The number of carboxylic acid groups (broad SMARTS) is 1. The largest absolute Gasteiger partial charge is 0.478 e. The Hall–Kier alpha value is -3.14. The van der Waals surface area contributed by atoms with Crippen molar-refractivity contribution in [2.45, 2.75) is 19.9 Å². The summed E-state index contributed by atoms with van der Waals surface area (Å²) in [5.74, 6) is -1.11. The molecule has 2 heterocycles. The van der Waals surface area contributed by atoms with Crippen LogP contribution in [0.2, 0.25) is 0 Å². The van der Waals surface area contributed by atoms with Gasteiger partial charge in [-0.1, -0.05) is 12.1 Å². The highest BCUT2D eigenvalue weighted by Crippen LogP contribution is 2.26. The Balaban J connectivity index is 2.16. The average Bonchev–Trinajstić information content (AvgIpc) is 2.92. The molecule has 0 bridgehead atoms. The van der Waals surface area contributed by atoms with E-state index in [-0.39, 0.29) is 17.2 Å². The van der Waals surface area contributed by atoms with E-state index in [1.165, 1.54) is 17.7 Å². The van der Waals surface area contributed by atoms with E-state index in [1.807, 2.05) is 6.07 Å². The van der Waals surface area contributed by atoms with Crippen molar-refractivity contribution in [1.82, 2.24) is 14.7 Å². The third-order valence-electron chi connectivity index (χ3n) is 3.97. The molecule has 0 spiro atoms. The molecule has 3 rings (SSSR count). The standard InChI is InChI=1S/C16H14N4O3/c1-10(21)19-7-6-15-12(9-19)13(8-17)18-20(15)14-5-3-2-4-11(14)16(22)23/h2-5H,6-7,9H2,1H3,(H,22,23). The number of nitriles is 1. The van der Waals surface area contributed by atoms with E-state index in [0.29, 0.717) is 30.8 Å². The number of nitrogens with zero attached hydrogens (tertiary/aromatic N) is 4. The molecule has 0 saturated heterocycles. The van der Waals surface area contributed by atoms with Crippen LogP contribution in [-0.2, 0) is 17.8 Å². The first-order valence-corrected chi connectivity index (χ1v) is 7.12. The van der Waals surface area contributed by atoms with Gasteiger partial charge in [0, 0.05) is 25.5 Å². The maximum Gasteiger partial charge on any atom is 0.337 e. The number of aromatic carboxylic acids is 1. The van der Waals surface area contributed by atoms with Crippen LogP contribution in [0, 0.1) is 11.3 Å². The van der Waals surface area contributed by atoms with E-state index in [0.717, 1.165) is 5.69 Å². The lowest BCUT2D eigenvalue weighted by atomic mass is 10.0. The highest BCUT2D eigenvalue weighted by Gasteiger charge is 2.27. The normalized spacial score (nSPS) is 13.3. The van der Waals surface area contributed by atoms with Crippen LogP contribution in [0.5, 0.6) is 0 Å². The van der Waals surface area contributed by atoms with Crippen LogP contribution in [0.25, 0.3) is 5.69 Å². The molecule has 1 aliphatic rings. The molecule has 1 aromatic heterocycles. The fourth-order valence-electron chi connectivity index (χ4n) is 2.82. The number of carboxylic acids is 1. The number of rotatable bonds is 2. The highest BCUT2D eigenvalue weighted by atomic mass is 16.4. The van der Waals surface area contributed by atoms with Crippen LogP contribution in [0.15, 0.2) is 24.3 Å². The molecule has 1 aliphatic heterocycles. The van der Waals surface area contributed by atoms with Gasteiger partial charge in [-0.2, -0.15) is 10.4 Å². The van der Waals surface area contributed by atoms with E-state index in [9.17, 15) is 20.0 Å². The van der Waals surface area contributed by atoms with Gasteiger partial charge in [-0.25, -0.2) is 9.48 Å². The summed E-state index contributed by atoms with van der Waals surface area (Å²) in [6.45, 7) is 2.33. The molecule has 7 heteroatoms. The first-order chi connectivity index (χ1) is 11.0. The Bertz CT molecular complexity index is 847. The van der Waals surface area contributed by atoms with Crippen LogP contribution in [0.3, 0.4) is 0 Å². The van der Waals surface area contributed by atoms with Crippen molar-refractivity contribution < 1.29 is 14.7 Å². The Labute approximate surface area is 132 Å². The van der Waals surface area contributed by atoms with Crippen molar-refractivity contribution in [3.63, 3.8) is 0 Å². The molecule has 7 nitrogen and oxygen atoms in total. The number of aromatic nitrogens is 2. The van der Waals surface area contributed by atoms with Crippen LogP contribution >= 0.6 is 0 Å². The molecule has 0 aliphatic carbocycles. The lowest BCUT2D eigenvalue weighted by Crippen LogP contribution is -2.34. The first-order valence-electron chi connectivity index (χ1n) is 7.12. The van der Waals surface area contributed by atoms with E-state index in [1.54, 1.807) is 23.1 Å². The van der Waals surface area contributed by atoms with Gasteiger partial charge in [0.05, 0.1) is 23.5 Å². The fourth-order valence-corrected chi connectivity index (χ4v) is 2.82. The first kappa shape index (κ1) is 14.8. The summed E-state index contributed by atoms with van der Waals surface area (Å²) >= 11 is 0. The highest BCUT2D eigenvalue weighted by molar-refractivity contribution is 5.92. The molecule has 1 N–H and O–H groups in total. The molecule has 0 fully saturated rings. The number of para-hydroxylation sites is 1. The summed E-state index contributed by atoms with van der Waals surface area (Å²) in [5, 5.41) is 22.9. The molecule has 23 heavy (non-hydrogen) atoms. The zero-order chi connectivity index (χ0) is 16.6. The number of amides is 1. The van der Waals surface area contributed by atoms with Gasteiger partial charge in [0.25, 0.3) is 0 Å². The minimum absolute atomic E-state index is 0.0572. The number of benzene rings is 1. The number of carbonyl (C=O) groups is 2. The van der Waals surface area contributed by atoms with Crippen LogP contribution in [0.4, 0.5) is 0 Å². The van der Waals surface area contributed by atoms with Crippen LogP contribution in [-0.4, -0.2) is 38.2 Å². The van der Waals surface area contributed by atoms with Gasteiger partial charge in [0.1, 0.15) is 6.07 Å². The van der Waals surface area contributed by atoms with Crippen molar-refractivity contribution in [1.29, 1.82) is 5.26 Å². The molecule has 0 atom stereocenters. The Morgan fingerprint density at radius 3 is 2.74 bits per heavy atom. The molecule has 0 saturated carbocycles. The minimum atomic E-state index is -1.05.